The van der Waals surface area contributed by atoms with Gasteiger partial charge in [0.05, 0.1) is 11.0 Å². The van der Waals surface area contributed by atoms with Gasteiger partial charge in [0.2, 0.25) is 10.0 Å². The van der Waals surface area contributed by atoms with Gasteiger partial charge in [-0.15, -0.1) is 0 Å². The van der Waals surface area contributed by atoms with Crippen LogP contribution in [0.3, 0.4) is 0 Å². The van der Waals surface area contributed by atoms with E-state index in [4.69, 9.17) is 9.88 Å². The van der Waals surface area contributed by atoms with Crippen molar-refractivity contribution in [1.82, 2.24) is 0 Å². The van der Waals surface area contributed by atoms with Gasteiger partial charge in [-0.25, -0.2) is 13.6 Å². The van der Waals surface area contributed by atoms with Crippen molar-refractivity contribution in [1.29, 1.82) is 0 Å². The third kappa shape index (κ3) is 3.92. The van der Waals surface area contributed by atoms with Crippen LogP contribution >= 0.6 is 0 Å². The molecule has 0 aliphatic carbocycles. The summed E-state index contributed by atoms with van der Waals surface area (Å²) in [5.74, 6) is 0. The standard InChI is InChI=1S/C13H20N2O3S/c1-2-12-9-11(7-8-18-12)15-10-3-5-13(6-4-10)19(14,16)17/h3-6,11-12,15H,2,7-9H2,1H3,(H2,14,16,17). The average molecular weight is 284 g/mol. The zero-order valence-electron chi connectivity index (χ0n) is 11.0. The van der Waals surface area contributed by atoms with Crippen LogP contribution in [0.25, 0.3) is 0 Å². The highest BCUT2D eigenvalue weighted by molar-refractivity contribution is 7.89. The van der Waals surface area contributed by atoms with E-state index in [-0.39, 0.29) is 4.90 Å². The number of primary sulfonamides is 1. The van der Waals surface area contributed by atoms with E-state index in [2.05, 4.69) is 12.2 Å². The lowest BCUT2D eigenvalue weighted by Crippen LogP contribution is -2.33. The molecule has 1 fully saturated rings. The van der Waals surface area contributed by atoms with Gasteiger partial charge < -0.3 is 10.1 Å². The van der Waals surface area contributed by atoms with Crippen molar-refractivity contribution in [3.63, 3.8) is 0 Å². The SMILES string of the molecule is CCC1CC(Nc2ccc(S(N)(=O)=O)cc2)CCO1. The molecule has 106 valence electrons. The van der Waals surface area contributed by atoms with Gasteiger partial charge in [0, 0.05) is 18.3 Å². The number of anilines is 1. The molecular formula is C13H20N2O3S. The molecule has 19 heavy (non-hydrogen) atoms. The number of rotatable bonds is 4. The lowest BCUT2D eigenvalue weighted by molar-refractivity contribution is 0.00925. The minimum atomic E-state index is -3.61. The van der Waals surface area contributed by atoms with Crippen LogP contribution in [0.15, 0.2) is 29.2 Å². The molecular weight excluding hydrogens is 264 g/mol. The predicted octanol–water partition coefficient (Wildman–Crippen LogP) is 1.70. The van der Waals surface area contributed by atoms with E-state index in [1.54, 1.807) is 12.1 Å². The Hall–Kier alpha value is -1.11. The highest BCUT2D eigenvalue weighted by Crippen LogP contribution is 2.21. The molecule has 2 rings (SSSR count). The quantitative estimate of drug-likeness (QED) is 0.881. The minimum Gasteiger partial charge on any atom is -0.382 e. The summed E-state index contributed by atoms with van der Waals surface area (Å²) in [4.78, 5) is 0.136. The summed E-state index contributed by atoms with van der Waals surface area (Å²) >= 11 is 0. The minimum absolute atomic E-state index is 0.136. The van der Waals surface area contributed by atoms with Gasteiger partial charge in [-0.1, -0.05) is 6.92 Å². The van der Waals surface area contributed by atoms with E-state index in [1.165, 1.54) is 12.1 Å². The molecule has 0 amide bonds. The number of nitrogens with two attached hydrogens (primary N) is 1. The molecule has 1 saturated heterocycles. The van der Waals surface area contributed by atoms with Gasteiger partial charge in [0.1, 0.15) is 0 Å². The van der Waals surface area contributed by atoms with Crippen LogP contribution in [-0.2, 0) is 14.8 Å². The highest BCUT2D eigenvalue weighted by Gasteiger charge is 2.21. The Labute approximate surface area is 114 Å². The molecule has 1 heterocycles. The first-order valence-electron chi connectivity index (χ1n) is 6.50. The molecule has 0 radical (unpaired) electrons. The first-order chi connectivity index (χ1) is 8.99. The fraction of sp³-hybridized carbons (Fsp3) is 0.538. The molecule has 3 N–H and O–H groups in total. The first-order valence-corrected chi connectivity index (χ1v) is 8.04. The maximum atomic E-state index is 11.2. The summed E-state index contributed by atoms with van der Waals surface area (Å²) in [6.07, 6.45) is 3.28. The second kappa shape index (κ2) is 5.90. The third-order valence-electron chi connectivity index (χ3n) is 3.38. The van der Waals surface area contributed by atoms with Crippen LogP contribution in [0.2, 0.25) is 0 Å². The van der Waals surface area contributed by atoms with Crippen LogP contribution in [0.5, 0.6) is 0 Å². The molecule has 1 aromatic carbocycles. The fourth-order valence-electron chi connectivity index (χ4n) is 2.27. The Bertz CT molecular complexity index is 513. The van der Waals surface area contributed by atoms with E-state index < -0.39 is 10.0 Å². The number of hydrogen-bond acceptors (Lipinski definition) is 4. The van der Waals surface area contributed by atoms with Crippen molar-refractivity contribution in [2.45, 2.75) is 43.2 Å². The molecule has 1 aliphatic heterocycles. The maximum Gasteiger partial charge on any atom is 0.238 e. The summed E-state index contributed by atoms with van der Waals surface area (Å²) in [7, 11) is -3.61. The van der Waals surface area contributed by atoms with Crippen LogP contribution in [0.1, 0.15) is 26.2 Å². The van der Waals surface area contributed by atoms with Crippen LogP contribution in [0, 0.1) is 0 Å². The number of hydrogen-bond donors (Lipinski definition) is 2. The monoisotopic (exact) mass is 284 g/mol. The Kier molecular flexibility index (Phi) is 4.44. The summed E-state index contributed by atoms with van der Waals surface area (Å²) in [5, 5.41) is 8.47. The van der Waals surface area contributed by atoms with Gasteiger partial charge in [-0.2, -0.15) is 0 Å². The van der Waals surface area contributed by atoms with Gasteiger partial charge in [-0.3, -0.25) is 0 Å². The molecule has 2 atom stereocenters. The third-order valence-corrected chi connectivity index (χ3v) is 4.31. The van der Waals surface area contributed by atoms with Gasteiger partial charge >= 0.3 is 0 Å². The molecule has 1 aromatic rings. The van der Waals surface area contributed by atoms with E-state index >= 15 is 0 Å². The molecule has 0 bridgehead atoms. The van der Waals surface area contributed by atoms with E-state index in [9.17, 15) is 8.42 Å². The lowest BCUT2D eigenvalue weighted by atomic mass is 10.0. The summed E-state index contributed by atoms with van der Waals surface area (Å²) in [6, 6.07) is 6.91. The Morgan fingerprint density at radius 2 is 2.05 bits per heavy atom. The Morgan fingerprint density at radius 1 is 1.37 bits per heavy atom. The van der Waals surface area contributed by atoms with Crippen molar-refractivity contribution in [2.75, 3.05) is 11.9 Å². The molecule has 2 unspecified atom stereocenters. The maximum absolute atomic E-state index is 11.2. The van der Waals surface area contributed by atoms with Gasteiger partial charge in [0.15, 0.2) is 0 Å². The smallest absolute Gasteiger partial charge is 0.238 e. The number of ether oxygens (including phenoxy) is 1. The topological polar surface area (TPSA) is 81.4 Å². The summed E-state index contributed by atoms with van der Waals surface area (Å²) in [6.45, 7) is 2.89. The molecule has 0 aromatic heterocycles. The highest BCUT2D eigenvalue weighted by atomic mass is 32.2. The average Bonchev–Trinajstić information content (AvgIpc) is 2.38. The van der Waals surface area contributed by atoms with Gasteiger partial charge in [0.25, 0.3) is 0 Å². The Balaban J connectivity index is 2.00. The summed E-state index contributed by atoms with van der Waals surface area (Å²) < 4.78 is 27.9. The zero-order valence-corrected chi connectivity index (χ0v) is 11.8. The van der Waals surface area contributed by atoms with Crippen molar-refractivity contribution < 1.29 is 13.2 Å². The van der Waals surface area contributed by atoms with E-state index in [0.717, 1.165) is 31.6 Å². The van der Waals surface area contributed by atoms with Crippen molar-refractivity contribution in [2.24, 2.45) is 5.14 Å². The van der Waals surface area contributed by atoms with Crippen LogP contribution in [-0.4, -0.2) is 27.2 Å². The first kappa shape index (κ1) is 14.3. The zero-order chi connectivity index (χ0) is 13.9. The van der Waals surface area contributed by atoms with Crippen LogP contribution < -0.4 is 10.5 Å². The van der Waals surface area contributed by atoms with Crippen LogP contribution in [0.4, 0.5) is 5.69 Å². The normalized spacial score (nSPS) is 24.1. The second-order valence-corrected chi connectivity index (χ2v) is 6.40. The lowest BCUT2D eigenvalue weighted by Gasteiger charge is -2.30. The molecule has 0 spiro atoms. The predicted molar refractivity (Wildman–Crippen MR) is 74.5 cm³/mol. The largest absolute Gasteiger partial charge is 0.382 e. The fourth-order valence-corrected chi connectivity index (χ4v) is 2.79. The second-order valence-electron chi connectivity index (χ2n) is 4.84. The summed E-state index contributed by atoms with van der Waals surface area (Å²) in [5.41, 5.74) is 0.911. The van der Waals surface area contributed by atoms with E-state index in [0.29, 0.717) is 12.1 Å². The molecule has 5 nitrogen and oxygen atoms in total. The number of benzene rings is 1. The van der Waals surface area contributed by atoms with Crippen molar-refractivity contribution in [3.8, 4) is 0 Å². The number of nitrogens with one attached hydrogen (secondary N) is 1. The molecule has 0 saturated carbocycles. The number of sulfonamides is 1. The molecule has 6 heteroatoms. The Morgan fingerprint density at radius 3 is 2.63 bits per heavy atom. The van der Waals surface area contributed by atoms with Crippen molar-refractivity contribution in [3.05, 3.63) is 24.3 Å². The van der Waals surface area contributed by atoms with Gasteiger partial charge in [-0.05, 0) is 43.5 Å². The van der Waals surface area contributed by atoms with E-state index in [1.807, 2.05) is 0 Å². The van der Waals surface area contributed by atoms with Crippen molar-refractivity contribution >= 4 is 15.7 Å². The molecule has 1 aliphatic rings.